The summed E-state index contributed by atoms with van der Waals surface area (Å²) in [6, 6.07) is 3.93. The fraction of sp³-hybridized carbons (Fsp3) is 0.591. The molecule has 0 N–H and O–H groups in total. The summed E-state index contributed by atoms with van der Waals surface area (Å²) >= 11 is 0. The van der Waals surface area contributed by atoms with Gasteiger partial charge in [0, 0.05) is 50.4 Å². The number of aromatic nitrogens is 1. The van der Waals surface area contributed by atoms with Gasteiger partial charge in [0.15, 0.2) is 0 Å². The zero-order valence-electron chi connectivity index (χ0n) is 16.2. The first-order chi connectivity index (χ1) is 13.0. The number of carbonyl (C=O) groups excluding carboxylic acids is 2. The second-order valence-corrected chi connectivity index (χ2v) is 8.85. The number of pyridine rings is 1. The van der Waals surface area contributed by atoms with Crippen molar-refractivity contribution < 1.29 is 9.59 Å². The molecule has 3 heterocycles. The second kappa shape index (κ2) is 7.10. The average Bonchev–Trinajstić information content (AvgIpc) is 2.98. The van der Waals surface area contributed by atoms with Gasteiger partial charge in [-0.1, -0.05) is 25.1 Å². The standard InChI is InChI=1S/C22H29N3O2/c1-21(7-3-2-4-8-21)20(27)24-12-9-22(10-13-24)14-19(26)25(17-22)16-18-6-5-11-23-15-18/h2-3,5-6,11,15H,4,7-10,12-14,16-17H2,1H3. The minimum atomic E-state index is -0.239. The quantitative estimate of drug-likeness (QED) is 0.771. The number of amides is 2. The summed E-state index contributed by atoms with van der Waals surface area (Å²) in [6.07, 6.45) is 13.2. The Morgan fingerprint density at radius 1 is 1.22 bits per heavy atom. The molecule has 1 aliphatic carbocycles. The molecule has 5 heteroatoms. The summed E-state index contributed by atoms with van der Waals surface area (Å²) in [5.41, 5.74) is 0.884. The summed E-state index contributed by atoms with van der Waals surface area (Å²) in [4.78, 5) is 33.8. The van der Waals surface area contributed by atoms with Crippen molar-refractivity contribution in [3.05, 3.63) is 42.2 Å². The third kappa shape index (κ3) is 3.64. The minimum Gasteiger partial charge on any atom is -0.342 e. The fourth-order valence-electron chi connectivity index (χ4n) is 4.90. The van der Waals surface area contributed by atoms with E-state index in [0.29, 0.717) is 18.9 Å². The Labute approximate surface area is 161 Å². The van der Waals surface area contributed by atoms with E-state index in [9.17, 15) is 9.59 Å². The van der Waals surface area contributed by atoms with Crippen LogP contribution in [-0.4, -0.2) is 46.2 Å². The number of hydrogen-bond donors (Lipinski definition) is 0. The Kier molecular flexibility index (Phi) is 4.79. The largest absolute Gasteiger partial charge is 0.342 e. The monoisotopic (exact) mass is 367 g/mol. The van der Waals surface area contributed by atoms with Crippen molar-refractivity contribution in [2.24, 2.45) is 10.8 Å². The summed E-state index contributed by atoms with van der Waals surface area (Å²) in [5.74, 6) is 0.543. The molecule has 0 aromatic carbocycles. The Hall–Kier alpha value is -2.17. The van der Waals surface area contributed by atoms with E-state index in [1.165, 1.54) is 0 Å². The molecule has 2 aliphatic heterocycles. The Morgan fingerprint density at radius 2 is 2.04 bits per heavy atom. The van der Waals surface area contributed by atoms with Gasteiger partial charge in [0.05, 0.1) is 5.41 Å². The summed E-state index contributed by atoms with van der Waals surface area (Å²) in [7, 11) is 0. The Bertz CT molecular complexity index is 737. The normalized spacial score (nSPS) is 27.4. The van der Waals surface area contributed by atoms with E-state index in [4.69, 9.17) is 0 Å². The number of carbonyl (C=O) groups is 2. The minimum absolute atomic E-state index is 0.0451. The first-order valence-corrected chi connectivity index (χ1v) is 10.1. The number of piperidine rings is 1. The predicted molar refractivity (Wildman–Crippen MR) is 104 cm³/mol. The van der Waals surface area contributed by atoms with Gasteiger partial charge in [-0.2, -0.15) is 0 Å². The lowest BCUT2D eigenvalue weighted by Crippen LogP contribution is -2.49. The van der Waals surface area contributed by atoms with Crippen molar-refractivity contribution in [3.8, 4) is 0 Å². The Morgan fingerprint density at radius 3 is 2.70 bits per heavy atom. The first kappa shape index (κ1) is 18.2. The molecule has 0 bridgehead atoms. The van der Waals surface area contributed by atoms with Crippen molar-refractivity contribution in [1.29, 1.82) is 0 Å². The maximum absolute atomic E-state index is 13.1. The molecule has 27 heavy (non-hydrogen) atoms. The van der Waals surface area contributed by atoms with Gasteiger partial charge < -0.3 is 9.80 Å². The van der Waals surface area contributed by atoms with Crippen LogP contribution in [0.15, 0.2) is 36.7 Å². The molecule has 3 aliphatic rings. The van der Waals surface area contributed by atoms with Crippen LogP contribution >= 0.6 is 0 Å². The van der Waals surface area contributed by atoms with E-state index in [1.807, 2.05) is 23.2 Å². The molecule has 2 amide bonds. The highest BCUT2D eigenvalue weighted by atomic mass is 16.2. The summed E-state index contributed by atoms with van der Waals surface area (Å²) in [5, 5.41) is 0. The fourth-order valence-corrected chi connectivity index (χ4v) is 4.90. The van der Waals surface area contributed by atoms with Crippen molar-refractivity contribution in [1.82, 2.24) is 14.8 Å². The average molecular weight is 367 g/mol. The molecule has 1 unspecified atom stereocenters. The van der Waals surface area contributed by atoms with Gasteiger partial charge in [-0.05, 0) is 43.7 Å². The summed E-state index contributed by atoms with van der Waals surface area (Å²) < 4.78 is 0. The second-order valence-electron chi connectivity index (χ2n) is 8.85. The van der Waals surface area contributed by atoms with Crippen LogP contribution < -0.4 is 0 Å². The third-order valence-corrected chi connectivity index (χ3v) is 6.73. The lowest BCUT2D eigenvalue weighted by atomic mass is 9.74. The van der Waals surface area contributed by atoms with Gasteiger partial charge in [0.1, 0.15) is 0 Å². The van der Waals surface area contributed by atoms with Crippen LogP contribution in [0.2, 0.25) is 0 Å². The molecular weight excluding hydrogens is 338 g/mol. The smallest absolute Gasteiger partial charge is 0.228 e. The highest BCUT2D eigenvalue weighted by Crippen LogP contribution is 2.43. The van der Waals surface area contributed by atoms with E-state index in [-0.39, 0.29) is 16.7 Å². The molecule has 1 aromatic heterocycles. The first-order valence-electron chi connectivity index (χ1n) is 10.1. The number of hydrogen-bond acceptors (Lipinski definition) is 3. The highest BCUT2D eigenvalue weighted by molar-refractivity contribution is 5.83. The van der Waals surface area contributed by atoms with Gasteiger partial charge in [-0.15, -0.1) is 0 Å². The van der Waals surface area contributed by atoms with Gasteiger partial charge >= 0.3 is 0 Å². The van der Waals surface area contributed by atoms with E-state index < -0.39 is 0 Å². The lowest BCUT2D eigenvalue weighted by Gasteiger charge is -2.42. The zero-order chi connectivity index (χ0) is 18.9. The molecule has 2 saturated heterocycles. The lowest BCUT2D eigenvalue weighted by molar-refractivity contribution is -0.144. The van der Waals surface area contributed by atoms with E-state index in [1.54, 1.807) is 6.20 Å². The maximum atomic E-state index is 13.1. The molecule has 0 saturated carbocycles. The van der Waals surface area contributed by atoms with Crippen molar-refractivity contribution >= 4 is 11.8 Å². The molecule has 144 valence electrons. The molecule has 5 nitrogen and oxygen atoms in total. The van der Waals surface area contributed by atoms with Gasteiger partial charge in [0.2, 0.25) is 11.8 Å². The molecule has 1 spiro atoms. The van der Waals surface area contributed by atoms with Crippen LogP contribution in [-0.2, 0) is 16.1 Å². The van der Waals surface area contributed by atoms with Crippen LogP contribution in [0.1, 0.15) is 51.0 Å². The molecule has 4 rings (SSSR count). The van der Waals surface area contributed by atoms with E-state index in [2.05, 4.69) is 29.0 Å². The topological polar surface area (TPSA) is 53.5 Å². The van der Waals surface area contributed by atoms with Crippen LogP contribution in [0.3, 0.4) is 0 Å². The highest BCUT2D eigenvalue weighted by Gasteiger charge is 2.47. The molecule has 0 radical (unpaired) electrons. The molecular formula is C22H29N3O2. The van der Waals surface area contributed by atoms with Crippen LogP contribution in [0.5, 0.6) is 0 Å². The predicted octanol–water partition coefficient (Wildman–Crippen LogP) is 3.17. The van der Waals surface area contributed by atoms with Gasteiger partial charge in [0.25, 0.3) is 0 Å². The van der Waals surface area contributed by atoms with E-state index in [0.717, 1.165) is 57.3 Å². The Balaban J connectivity index is 1.36. The van der Waals surface area contributed by atoms with E-state index >= 15 is 0 Å². The van der Waals surface area contributed by atoms with Crippen LogP contribution in [0.4, 0.5) is 0 Å². The maximum Gasteiger partial charge on any atom is 0.228 e. The van der Waals surface area contributed by atoms with Crippen molar-refractivity contribution in [2.75, 3.05) is 19.6 Å². The number of allylic oxidation sites excluding steroid dienone is 2. The number of rotatable bonds is 3. The number of likely N-dealkylation sites (tertiary alicyclic amines) is 2. The van der Waals surface area contributed by atoms with Crippen LogP contribution in [0, 0.1) is 10.8 Å². The zero-order valence-corrected chi connectivity index (χ0v) is 16.2. The molecule has 1 atom stereocenters. The third-order valence-electron chi connectivity index (χ3n) is 6.73. The summed E-state index contributed by atoms with van der Waals surface area (Å²) in [6.45, 7) is 5.13. The van der Waals surface area contributed by atoms with Crippen molar-refractivity contribution in [2.45, 2.75) is 52.0 Å². The van der Waals surface area contributed by atoms with Crippen molar-refractivity contribution in [3.63, 3.8) is 0 Å². The van der Waals surface area contributed by atoms with Crippen LogP contribution in [0.25, 0.3) is 0 Å². The SMILES string of the molecule is CC1(C(=O)N2CCC3(CC2)CC(=O)N(Cc2cccnc2)C3)CC=CCC1. The molecule has 2 fully saturated rings. The van der Waals surface area contributed by atoms with Gasteiger partial charge in [-0.3, -0.25) is 14.6 Å². The van der Waals surface area contributed by atoms with Gasteiger partial charge in [-0.25, -0.2) is 0 Å². The molecule has 1 aromatic rings. The number of nitrogens with zero attached hydrogens (tertiary/aromatic N) is 3.